The van der Waals surface area contributed by atoms with Crippen LogP contribution in [0.1, 0.15) is 36.7 Å². The number of nitrogens with one attached hydrogen (secondary N) is 1. The summed E-state index contributed by atoms with van der Waals surface area (Å²) in [5.74, 6) is -1.53. The van der Waals surface area contributed by atoms with Gasteiger partial charge in [0.2, 0.25) is 0 Å². The Labute approximate surface area is 175 Å². The molecular formula is C22H20F2N4O3. The highest BCUT2D eigenvalue weighted by molar-refractivity contribution is 5.87. The monoisotopic (exact) mass is 426 g/mol. The summed E-state index contributed by atoms with van der Waals surface area (Å²) in [6.45, 7) is 5.06. The number of benzene rings is 2. The Morgan fingerprint density at radius 3 is 2.45 bits per heavy atom. The van der Waals surface area contributed by atoms with Gasteiger partial charge >= 0.3 is 5.69 Å². The van der Waals surface area contributed by atoms with E-state index >= 15 is 0 Å². The fourth-order valence-electron chi connectivity index (χ4n) is 3.59. The molecule has 0 spiro atoms. The average molecular weight is 426 g/mol. The van der Waals surface area contributed by atoms with Crippen LogP contribution in [0.2, 0.25) is 0 Å². The first-order chi connectivity index (χ1) is 14.7. The van der Waals surface area contributed by atoms with E-state index in [0.29, 0.717) is 10.9 Å². The summed E-state index contributed by atoms with van der Waals surface area (Å²) in [4.78, 5) is 27.7. The number of aryl methyl sites for hydroxylation is 1. The van der Waals surface area contributed by atoms with Gasteiger partial charge in [-0.1, -0.05) is 19.9 Å². The molecule has 4 aromatic rings. The van der Waals surface area contributed by atoms with E-state index in [1.165, 1.54) is 16.7 Å². The Bertz CT molecular complexity index is 1430. The van der Waals surface area contributed by atoms with Crippen LogP contribution in [0.5, 0.6) is 0 Å². The molecule has 160 valence electrons. The first kappa shape index (κ1) is 20.7. The van der Waals surface area contributed by atoms with E-state index in [9.17, 15) is 23.5 Å². The molecule has 0 saturated heterocycles. The third-order valence-electron chi connectivity index (χ3n) is 5.14. The Morgan fingerprint density at radius 1 is 1.06 bits per heavy atom. The molecule has 0 unspecified atom stereocenters. The fraction of sp³-hybridized carbons (Fsp3) is 0.227. The van der Waals surface area contributed by atoms with Crippen LogP contribution in [0.25, 0.3) is 22.1 Å². The molecule has 0 amide bonds. The third kappa shape index (κ3) is 3.46. The molecule has 2 heterocycles. The van der Waals surface area contributed by atoms with Gasteiger partial charge in [0, 0.05) is 6.20 Å². The summed E-state index contributed by atoms with van der Waals surface area (Å²) < 4.78 is 31.5. The SMILES string of the molecule is Cc1ccc(F)c(-n2cc(C(C)C)c3cc(-n4nc(CO)[nH]c4=O)c(F)cc3c2=O)c1. The Hall–Kier alpha value is -3.59. The van der Waals surface area contributed by atoms with Gasteiger partial charge in [0.25, 0.3) is 5.56 Å². The second-order valence-corrected chi connectivity index (χ2v) is 7.67. The number of aromatic amines is 1. The molecule has 9 heteroatoms. The smallest absolute Gasteiger partial charge is 0.348 e. The molecule has 31 heavy (non-hydrogen) atoms. The largest absolute Gasteiger partial charge is 0.388 e. The van der Waals surface area contributed by atoms with Gasteiger partial charge in [-0.2, -0.15) is 4.68 Å². The summed E-state index contributed by atoms with van der Waals surface area (Å²) in [5, 5.41) is 13.5. The van der Waals surface area contributed by atoms with E-state index in [1.54, 1.807) is 25.3 Å². The Morgan fingerprint density at radius 2 is 1.81 bits per heavy atom. The summed E-state index contributed by atoms with van der Waals surface area (Å²) in [5.41, 5.74) is 0.0586. The van der Waals surface area contributed by atoms with Crippen LogP contribution in [-0.4, -0.2) is 24.4 Å². The second-order valence-electron chi connectivity index (χ2n) is 7.67. The highest BCUT2D eigenvalue weighted by atomic mass is 19.1. The van der Waals surface area contributed by atoms with E-state index < -0.39 is 29.5 Å². The number of H-pyrrole nitrogens is 1. The van der Waals surface area contributed by atoms with Gasteiger partial charge in [0.1, 0.15) is 23.9 Å². The Kier molecular flexibility index (Phi) is 5.06. The molecule has 2 N–H and O–H groups in total. The lowest BCUT2D eigenvalue weighted by Gasteiger charge is -2.16. The molecule has 0 radical (unpaired) electrons. The van der Waals surface area contributed by atoms with Crippen molar-refractivity contribution in [3.63, 3.8) is 0 Å². The third-order valence-corrected chi connectivity index (χ3v) is 5.14. The number of fused-ring (bicyclic) bond motifs is 1. The molecule has 2 aromatic heterocycles. The minimum Gasteiger partial charge on any atom is -0.388 e. The molecule has 0 fully saturated rings. The van der Waals surface area contributed by atoms with Crippen LogP contribution in [-0.2, 0) is 6.61 Å². The van der Waals surface area contributed by atoms with Crippen molar-refractivity contribution in [1.82, 2.24) is 19.3 Å². The van der Waals surface area contributed by atoms with Gasteiger partial charge in [0.05, 0.1) is 11.1 Å². The molecule has 4 rings (SSSR count). The molecule has 2 aromatic carbocycles. The first-order valence-corrected chi connectivity index (χ1v) is 9.66. The lowest BCUT2D eigenvalue weighted by molar-refractivity contribution is 0.271. The van der Waals surface area contributed by atoms with Gasteiger partial charge in [0.15, 0.2) is 5.82 Å². The van der Waals surface area contributed by atoms with Crippen LogP contribution >= 0.6 is 0 Å². The van der Waals surface area contributed by atoms with Crippen molar-refractivity contribution in [1.29, 1.82) is 0 Å². The molecule has 0 aliphatic carbocycles. The van der Waals surface area contributed by atoms with E-state index in [2.05, 4.69) is 10.1 Å². The first-order valence-electron chi connectivity index (χ1n) is 9.66. The van der Waals surface area contributed by atoms with Gasteiger partial charge in [-0.25, -0.2) is 13.6 Å². The number of rotatable bonds is 4. The van der Waals surface area contributed by atoms with Crippen LogP contribution in [0, 0.1) is 18.6 Å². The lowest BCUT2D eigenvalue weighted by Crippen LogP contribution is -2.22. The maximum atomic E-state index is 15.0. The zero-order valence-corrected chi connectivity index (χ0v) is 17.1. The van der Waals surface area contributed by atoms with E-state index in [-0.39, 0.29) is 28.5 Å². The highest BCUT2D eigenvalue weighted by Crippen LogP contribution is 2.28. The van der Waals surface area contributed by atoms with E-state index in [4.69, 9.17) is 0 Å². The number of pyridine rings is 1. The minimum absolute atomic E-state index is 0.0149. The zero-order valence-electron chi connectivity index (χ0n) is 17.1. The molecule has 0 aliphatic heterocycles. The van der Waals surface area contributed by atoms with Crippen molar-refractivity contribution in [2.75, 3.05) is 0 Å². The maximum absolute atomic E-state index is 15.0. The van der Waals surface area contributed by atoms with Gasteiger partial charge in [-0.3, -0.25) is 14.3 Å². The molecule has 0 aliphatic rings. The van der Waals surface area contributed by atoms with Crippen molar-refractivity contribution in [2.45, 2.75) is 33.3 Å². The number of aliphatic hydroxyl groups excluding tert-OH is 1. The van der Waals surface area contributed by atoms with Crippen molar-refractivity contribution < 1.29 is 13.9 Å². The number of nitrogens with zero attached hydrogens (tertiary/aromatic N) is 3. The van der Waals surface area contributed by atoms with Crippen molar-refractivity contribution in [3.05, 3.63) is 86.0 Å². The predicted octanol–water partition coefficient (Wildman–Crippen LogP) is 3.07. The quantitative estimate of drug-likeness (QED) is 0.525. The zero-order chi connectivity index (χ0) is 22.4. The normalized spacial score (nSPS) is 11.6. The molecule has 0 saturated carbocycles. The second kappa shape index (κ2) is 7.59. The summed E-state index contributed by atoms with van der Waals surface area (Å²) in [6, 6.07) is 6.84. The van der Waals surface area contributed by atoms with Crippen LogP contribution in [0.3, 0.4) is 0 Å². The number of aliphatic hydroxyl groups is 1. The lowest BCUT2D eigenvalue weighted by atomic mass is 9.97. The van der Waals surface area contributed by atoms with Gasteiger partial charge < -0.3 is 5.11 Å². The van der Waals surface area contributed by atoms with E-state index in [1.807, 2.05) is 13.8 Å². The van der Waals surface area contributed by atoms with Crippen LogP contribution in [0.15, 0.2) is 46.1 Å². The van der Waals surface area contributed by atoms with Crippen molar-refractivity contribution >= 4 is 10.8 Å². The van der Waals surface area contributed by atoms with Crippen LogP contribution < -0.4 is 11.2 Å². The minimum atomic E-state index is -0.847. The van der Waals surface area contributed by atoms with Crippen LogP contribution in [0.4, 0.5) is 8.78 Å². The summed E-state index contributed by atoms with van der Waals surface area (Å²) in [7, 11) is 0. The fourth-order valence-corrected chi connectivity index (χ4v) is 3.59. The van der Waals surface area contributed by atoms with Crippen molar-refractivity contribution in [2.24, 2.45) is 0 Å². The average Bonchev–Trinajstić information content (AvgIpc) is 3.10. The summed E-state index contributed by atoms with van der Waals surface area (Å²) >= 11 is 0. The molecule has 0 atom stereocenters. The van der Waals surface area contributed by atoms with Gasteiger partial charge in [-0.15, -0.1) is 5.10 Å². The topological polar surface area (TPSA) is 92.9 Å². The highest BCUT2D eigenvalue weighted by Gasteiger charge is 2.19. The predicted molar refractivity (Wildman–Crippen MR) is 112 cm³/mol. The maximum Gasteiger partial charge on any atom is 0.348 e. The van der Waals surface area contributed by atoms with Crippen molar-refractivity contribution in [3.8, 4) is 11.4 Å². The number of aromatic nitrogens is 4. The standard InChI is InChI=1S/C22H20F2N4O3/c1-11(2)15-9-27(18-6-12(3)4-5-16(18)23)21(30)14-7-17(24)19(8-13(14)15)28-22(31)25-20(10-29)26-28/h4-9,11,29H,10H2,1-3H3,(H,25,26,31). The van der Waals surface area contributed by atoms with Gasteiger partial charge in [-0.05, 0) is 53.6 Å². The Balaban J connectivity index is 2.06. The number of hydrogen-bond donors (Lipinski definition) is 2. The molecule has 0 bridgehead atoms. The number of halogens is 2. The van der Waals surface area contributed by atoms with E-state index in [0.717, 1.165) is 16.3 Å². The molecule has 7 nitrogen and oxygen atoms in total. The molecular weight excluding hydrogens is 406 g/mol. The number of hydrogen-bond acceptors (Lipinski definition) is 4. The summed E-state index contributed by atoms with van der Waals surface area (Å²) in [6.07, 6.45) is 1.54.